The third-order valence-corrected chi connectivity index (χ3v) is 3.35. The van der Waals surface area contributed by atoms with Gasteiger partial charge in [0, 0.05) is 12.6 Å². The number of benzene rings is 1. The molecule has 1 aliphatic rings. The number of rotatable bonds is 7. The van der Waals surface area contributed by atoms with Crippen molar-refractivity contribution in [3.05, 3.63) is 42.0 Å². The van der Waals surface area contributed by atoms with Gasteiger partial charge in [0.1, 0.15) is 5.75 Å². The van der Waals surface area contributed by atoms with Gasteiger partial charge in [0.15, 0.2) is 0 Å². The van der Waals surface area contributed by atoms with Crippen molar-refractivity contribution >= 4 is 0 Å². The van der Waals surface area contributed by atoms with E-state index in [0.29, 0.717) is 11.8 Å². The second-order valence-corrected chi connectivity index (χ2v) is 4.58. The first-order chi connectivity index (χ1) is 8.83. The van der Waals surface area contributed by atoms with Crippen LogP contribution >= 0.6 is 0 Å². The normalized spacial score (nSPS) is 17.7. The number of phenolic OH excluding ortho intramolecular Hbond substituents is 1. The van der Waals surface area contributed by atoms with E-state index in [1.807, 2.05) is 12.1 Å². The molecule has 1 unspecified atom stereocenters. The Morgan fingerprint density at radius 1 is 1.44 bits per heavy atom. The van der Waals surface area contributed by atoms with Gasteiger partial charge in [0.2, 0.25) is 0 Å². The van der Waals surface area contributed by atoms with E-state index < -0.39 is 0 Å². The lowest BCUT2D eigenvalue weighted by Gasteiger charge is -2.14. The van der Waals surface area contributed by atoms with Crippen molar-refractivity contribution in [1.82, 2.24) is 5.32 Å². The first-order valence-electron chi connectivity index (χ1n) is 6.55. The Morgan fingerprint density at radius 3 is 3.17 bits per heavy atom. The van der Waals surface area contributed by atoms with Gasteiger partial charge < -0.3 is 15.2 Å². The molecule has 1 aromatic carbocycles. The van der Waals surface area contributed by atoms with Crippen molar-refractivity contribution in [1.29, 1.82) is 0 Å². The van der Waals surface area contributed by atoms with Gasteiger partial charge in [-0.15, -0.1) is 6.58 Å². The van der Waals surface area contributed by atoms with Crippen LogP contribution in [0.3, 0.4) is 0 Å². The summed E-state index contributed by atoms with van der Waals surface area (Å²) in [6, 6.07) is 6.13. The van der Waals surface area contributed by atoms with E-state index >= 15 is 0 Å². The zero-order valence-electron chi connectivity index (χ0n) is 10.7. The van der Waals surface area contributed by atoms with E-state index in [9.17, 15) is 5.11 Å². The molecule has 0 spiro atoms. The van der Waals surface area contributed by atoms with Crippen molar-refractivity contribution in [3.63, 3.8) is 0 Å². The molecular weight excluding hydrogens is 226 g/mol. The predicted molar refractivity (Wildman–Crippen MR) is 72.8 cm³/mol. The van der Waals surface area contributed by atoms with Crippen LogP contribution in [0, 0.1) is 0 Å². The van der Waals surface area contributed by atoms with E-state index in [1.54, 1.807) is 6.07 Å². The van der Waals surface area contributed by atoms with Crippen molar-refractivity contribution in [2.45, 2.75) is 25.3 Å². The highest BCUT2D eigenvalue weighted by atomic mass is 16.5. The summed E-state index contributed by atoms with van der Waals surface area (Å²) in [7, 11) is 0. The summed E-state index contributed by atoms with van der Waals surface area (Å²) in [5.41, 5.74) is 2.34. The van der Waals surface area contributed by atoms with Crippen LogP contribution in [-0.4, -0.2) is 24.9 Å². The first kappa shape index (κ1) is 13.1. The summed E-state index contributed by atoms with van der Waals surface area (Å²) in [4.78, 5) is 0. The maximum absolute atomic E-state index is 9.76. The molecule has 2 N–H and O–H groups in total. The maximum atomic E-state index is 9.76. The molecular formula is C15H21NO2. The number of aromatic hydroxyl groups is 1. The van der Waals surface area contributed by atoms with Gasteiger partial charge in [-0.1, -0.05) is 18.2 Å². The minimum Gasteiger partial charge on any atom is -0.508 e. The van der Waals surface area contributed by atoms with E-state index in [2.05, 4.69) is 18.0 Å². The van der Waals surface area contributed by atoms with Crippen LogP contribution in [0.5, 0.6) is 5.75 Å². The molecule has 18 heavy (non-hydrogen) atoms. The van der Waals surface area contributed by atoms with E-state index in [0.717, 1.165) is 44.6 Å². The highest BCUT2D eigenvalue weighted by Gasteiger charge is 2.23. The lowest BCUT2D eigenvalue weighted by Crippen LogP contribution is -2.23. The smallest absolute Gasteiger partial charge is 0.119 e. The number of fused-ring (bicyclic) bond motifs is 1. The summed E-state index contributed by atoms with van der Waals surface area (Å²) in [6.07, 6.45) is 4.78. The van der Waals surface area contributed by atoms with Gasteiger partial charge in [0.25, 0.3) is 0 Å². The van der Waals surface area contributed by atoms with E-state index in [4.69, 9.17) is 4.74 Å². The molecule has 0 bridgehead atoms. The molecule has 3 heteroatoms. The fourth-order valence-electron chi connectivity index (χ4n) is 2.42. The molecule has 0 saturated heterocycles. The van der Waals surface area contributed by atoms with Crippen molar-refractivity contribution in [3.8, 4) is 5.75 Å². The highest BCUT2D eigenvalue weighted by molar-refractivity contribution is 5.44. The highest BCUT2D eigenvalue weighted by Crippen LogP contribution is 2.35. The molecule has 1 aromatic rings. The molecule has 0 heterocycles. The molecule has 0 saturated carbocycles. The molecule has 0 aliphatic heterocycles. The fraction of sp³-hybridized carbons (Fsp3) is 0.467. The number of phenols is 1. The number of nitrogens with one attached hydrogen (secondary N) is 1. The van der Waals surface area contributed by atoms with Gasteiger partial charge >= 0.3 is 0 Å². The summed E-state index contributed by atoms with van der Waals surface area (Å²) in [5.74, 6) is 0.430. The minimum absolute atomic E-state index is 0.357. The van der Waals surface area contributed by atoms with Crippen LogP contribution in [0.25, 0.3) is 0 Å². The average Bonchev–Trinajstić information content (AvgIpc) is 2.79. The Morgan fingerprint density at radius 2 is 2.33 bits per heavy atom. The van der Waals surface area contributed by atoms with Crippen molar-refractivity contribution in [2.24, 2.45) is 0 Å². The molecule has 0 radical (unpaired) electrons. The molecule has 0 amide bonds. The Balaban J connectivity index is 1.76. The van der Waals surface area contributed by atoms with Crippen LogP contribution in [0.2, 0.25) is 0 Å². The molecule has 98 valence electrons. The third-order valence-electron chi connectivity index (χ3n) is 3.35. The van der Waals surface area contributed by atoms with Crippen LogP contribution in [0.1, 0.15) is 30.0 Å². The summed E-state index contributed by atoms with van der Waals surface area (Å²) in [5, 5.41) is 13.2. The first-order valence-corrected chi connectivity index (χ1v) is 6.55. The van der Waals surface area contributed by atoms with Gasteiger partial charge in [-0.05, 0) is 36.5 Å². The predicted octanol–water partition coefficient (Wildman–Crippen LogP) is 2.56. The molecule has 2 rings (SSSR count). The summed E-state index contributed by atoms with van der Waals surface area (Å²) < 4.78 is 5.46. The van der Waals surface area contributed by atoms with Crippen LogP contribution in [0.15, 0.2) is 30.9 Å². The molecule has 1 aliphatic carbocycles. The molecule has 0 fully saturated rings. The lowest BCUT2D eigenvalue weighted by molar-refractivity contribution is 0.138. The van der Waals surface area contributed by atoms with Crippen LogP contribution in [-0.2, 0) is 11.2 Å². The quantitative estimate of drug-likeness (QED) is 0.575. The number of hydrogen-bond donors (Lipinski definition) is 2. The number of hydrogen-bond acceptors (Lipinski definition) is 3. The standard InChI is InChI=1S/C15H21NO2/c1-2-3-10-18-11-9-16-14-8-7-13-12(14)5-4-6-15(13)17/h2,4-6,14,16-17H,1,3,7-11H2. The summed E-state index contributed by atoms with van der Waals surface area (Å²) >= 11 is 0. The van der Waals surface area contributed by atoms with Gasteiger partial charge in [-0.3, -0.25) is 0 Å². The van der Waals surface area contributed by atoms with E-state index in [-0.39, 0.29) is 0 Å². The maximum Gasteiger partial charge on any atom is 0.119 e. The van der Waals surface area contributed by atoms with Crippen LogP contribution < -0.4 is 5.32 Å². The third kappa shape index (κ3) is 3.12. The van der Waals surface area contributed by atoms with Crippen LogP contribution in [0.4, 0.5) is 0 Å². The van der Waals surface area contributed by atoms with Crippen molar-refractivity contribution in [2.75, 3.05) is 19.8 Å². The molecule has 1 atom stereocenters. The second-order valence-electron chi connectivity index (χ2n) is 4.58. The second kappa shape index (κ2) is 6.57. The minimum atomic E-state index is 0.357. The van der Waals surface area contributed by atoms with Gasteiger partial charge in [-0.2, -0.15) is 0 Å². The molecule has 0 aromatic heterocycles. The largest absolute Gasteiger partial charge is 0.508 e. The van der Waals surface area contributed by atoms with Gasteiger partial charge in [0.05, 0.1) is 13.2 Å². The summed E-state index contributed by atoms with van der Waals surface area (Å²) in [6.45, 7) is 5.96. The molecule has 3 nitrogen and oxygen atoms in total. The average molecular weight is 247 g/mol. The van der Waals surface area contributed by atoms with Crippen molar-refractivity contribution < 1.29 is 9.84 Å². The lowest BCUT2D eigenvalue weighted by atomic mass is 10.1. The topological polar surface area (TPSA) is 41.5 Å². The Bertz CT molecular complexity index is 403. The zero-order chi connectivity index (χ0) is 12.8. The number of ether oxygens (including phenoxy) is 1. The Kier molecular flexibility index (Phi) is 4.79. The fourth-order valence-corrected chi connectivity index (χ4v) is 2.42. The zero-order valence-corrected chi connectivity index (χ0v) is 10.7. The SMILES string of the molecule is C=CCCOCCNC1CCc2c(O)cccc21. The Labute approximate surface area is 108 Å². The van der Waals surface area contributed by atoms with Gasteiger partial charge in [-0.25, -0.2) is 0 Å². The van der Waals surface area contributed by atoms with E-state index in [1.165, 1.54) is 5.56 Å². The monoisotopic (exact) mass is 247 g/mol. The Hall–Kier alpha value is -1.32.